The fourth-order valence-electron chi connectivity index (χ4n) is 1.73. The van der Waals surface area contributed by atoms with Gasteiger partial charge < -0.3 is 5.32 Å². The van der Waals surface area contributed by atoms with E-state index >= 15 is 0 Å². The van der Waals surface area contributed by atoms with Gasteiger partial charge in [-0.2, -0.15) is 0 Å². The molecule has 1 fully saturated rings. The molecule has 1 aromatic heterocycles. The monoisotopic (exact) mass is 257 g/mol. The van der Waals surface area contributed by atoms with Crippen molar-refractivity contribution >= 4 is 22.5 Å². The van der Waals surface area contributed by atoms with E-state index in [1.165, 1.54) is 12.8 Å². The van der Waals surface area contributed by atoms with Crippen molar-refractivity contribution in [3.63, 3.8) is 0 Å². The number of hydrogen-bond acceptors (Lipinski definition) is 4. The van der Waals surface area contributed by atoms with E-state index in [2.05, 4.69) is 34.2 Å². The van der Waals surface area contributed by atoms with Gasteiger partial charge >= 0.3 is 0 Å². The van der Waals surface area contributed by atoms with Crippen LogP contribution in [-0.2, 0) is 0 Å². The van der Waals surface area contributed by atoms with Crippen LogP contribution in [0.1, 0.15) is 18.4 Å². The lowest BCUT2D eigenvalue weighted by molar-refractivity contribution is 0.882. The van der Waals surface area contributed by atoms with Crippen LogP contribution in [0.4, 0.5) is 5.13 Å². The van der Waals surface area contributed by atoms with Gasteiger partial charge in [0.2, 0.25) is 5.13 Å². The molecule has 1 aliphatic rings. The highest BCUT2D eigenvalue weighted by Gasteiger charge is 2.21. The molecule has 92 valence electrons. The minimum Gasteiger partial charge on any atom is -0.360 e. The van der Waals surface area contributed by atoms with E-state index in [0.717, 1.165) is 33.7 Å². The highest BCUT2D eigenvalue weighted by atomic mass is 32.1. The minimum absolute atomic E-state index is 0.851. The molecular weight excluding hydrogens is 242 g/mol. The summed E-state index contributed by atoms with van der Waals surface area (Å²) in [5, 5.41) is 13.6. The first-order valence-electron chi connectivity index (χ1n) is 6.15. The summed E-state index contributed by atoms with van der Waals surface area (Å²) in [5.74, 6) is 0.851. The highest BCUT2D eigenvalue weighted by Crippen LogP contribution is 2.31. The van der Waals surface area contributed by atoms with E-state index in [1.807, 2.05) is 18.2 Å². The summed E-state index contributed by atoms with van der Waals surface area (Å²) in [4.78, 5) is 0. The summed E-state index contributed by atoms with van der Waals surface area (Å²) in [6, 6.07) is 8.20. The fourth-order valence-corrected chi connectivity index (χ4v) is 2.48. The Kier molecular flexibility index (Phi) is 3.11. The molecule has 3 nitrogen and oxygen atoms in total. The van der Waals surface area contributed by atoms with Crippen LogP contribution in [0.25, 0.3) is 16.6 Å². The Hall–Kier alpha value is -1.68. The van der Waals surface area contributed by atoms with Crippen LogP contribution in [-0.4, -0.2) is 16.7 Å². The topological polar surface area (TPSA) is 37.8 Å². The molecule has 4 heteroatoms. The van der Waals surface area contributed by atoms with Gasteiger partial charge in [-0.25, -0.2) is 0 Å². The number of nitrogens with zero attached hydrogens (tertiary/aromatic N) is 2. The van der Waals surface area contributed by atoms with Crippen molar-refractivity contribution in [2.45, 2.75) is 12.8 Å². The van der Waals surface area contributed by atoms with E-state index in [0.29, 0.717) is 0 Å². The number of hydrogen-bond donors (Lipinski definition) is 1. The van der Waals surface area contributed by atoms with Gasteiger partial charge in [-0.3, -0.25) is 0 Å². The van der Waals surface area contributed by atoms with Crippen molar-refractivity contribution in [2.75, 3.05) is 11.9 Å². The summed E-state index contributed by atoms with van der Waals surface area (Å²) >= 11 is 1.61. The van der Waals surface area contributed by atoms with Gasteiger partial charge in [0.25, 0.3) is 0 Å². The summed E-state index contributed by atoms with van der Waals surface area (Å²) in [6.07, 6.45) is 4.54. The molecule has 0 atom stereocenters. The van der Waals surface area contributed by atoms with Crippen molar-refractivity contribution in [1.82, 2.24) is 10.2 Å². The van der Waals surface area contributed by atoms with Crippen molar-refractivity contribution in [3.8, 4) is 10.6 Å². The van der Waals surface area contributed by atoms with Crippen LogP contribution in [0.3, 0.4) is 0 Å². The molecule has 0 amide bonds. The van der Waals surface area contributed by atoms with Gasteiger partial charge in [0.05, 0.1) is 0 Å². The molecule has 0 saturated heterocycles. The Morgan fingerprint density at radius 1 is 1.28 bits per heavy atom. The number of rotatable bonds is 5. The Balaban J connectivity index is 1.71. The molecule has 1 N–H and O–H groups in total. The van der Waals surface area contributed by atoms with Crippen molar-refractivity contribution in [2.24, 2.45) is 5.92 Å². The number of anilines is 1. The van der Waals surface area contributed by atoms with Crippen molar-refractivity contribution in [1.29, 1.82) is 0 Å². The largest absolute Gasteiger partial charge is 0.360 e. The van der Waals surface area contributed by atoms with Crippen LogP contribution in [0, 0.1) is 5.92 Å². The molecule has 0 unspecified atom stereocenters. The van der Waals surface area contributed by atoms with E-state index < -0.39 is 0 Å². The molecule has 0 bridgehead atoms. The second kappa shape index (κ2) is 4.90. The fraction of sp³-hybridized carbons (Fsp3) is 0.286. The first kappa shape index (κ1) is 11.4. The molecule has 0 radical (unpaired) electrons. The Bertz CT molecular complexity index is 540. The van der Waals surface area contributed by atoms with Crippen molar-refractivity contribution < 1.29 is 0 Å². The molecule has 0 spiro atoms. The third-order valence-corrected chi connectivity index (χ3v) is 3.99. The van der Waals surface area contributed by atoms with E-state index in [1.54, 1.807) is 11.3 Å². The van der Waals surface area contributed by atoms with Gasteiger partial charge in [-0.15, -0.1) is 10.2 Å². The SMILES string of the molecule is C=Cc1ccc(-c2nnc(NCC3CC3)s2)cc1. The molecule has 1 heterocycles. The highest BCUT2D eigenvalue weighted by molar-refractivity contribution is 7.18. The van der Waals surface area contributed by atoms with E-state index in [-0.39, 0.29) is 0 Å². The molecule has 2 aromatic rings. The molecule has 18 heavy (non-hydrogen) atoms. The van der Waals surface area contributed by atoms with Crippen LogP contribution < -0.4 is 5.32 Å². The third kappa shape index (κ3) is 2.59. The van der Waals surface area contributed by atoms with Crippen LogP contribution in [0.5, 0.6) is 0 Å². The minimum atomic E-state index is 0.851. The lowest BCUT2D eigenvalue weighted by Gasteiger charge is -1.98. The second-order valence-corrected chi connectivity index (χ2v) is 5.54. The van der Waals surface area contributed by atoms with Crippen LogP contribution in [0.2, 0.25) is 0 Å². The number of nitrogens with one attached hydrogen (secondary N) is 1. The zero-order valence-corrected chi connectivity index (χ0v) is 10.9. The second-order valence-electron chi connectivity index (χ2n) is 4.56. The van der Waals surface area contributed by atoms with Crippen molar-refractivity contribution in [3.05, 3.63) is 36.4 Å². The average Bonchev–Trinajstić information content (AvgIpc) is 3.14. The molecule has 0 aliphatic heterocycles. The lowest BCUT2D eigenvalue weighted by atomic mass is 10.1. The Labute approximate surface area is 111 Å². The maximum Gasteiger partial charge on any atom is 0.206 e. The summed E-state index contributed by atoms with van der Waals surface area (Å²) < 4.78 is 0. The predicted octanol–water partition coefficient (Wildman–Crippen LogP) is 3.67. The van der Waals surface area contributed by atoms with Crippen LogP contribution >= 0.6 is 11.3 Å². The van der Waals surface area contributed by atoms with Gasteiger partial charge in [-0.05, 0) is 24.3 Å². The smallest absolute Gasteiger partial charge is 0.206 e. The van der Waals surface area contributed by atoms with Gasteiger partial charge in [0.15, 0.2) is 0 Å². The first-order valence-corrected chi connectivity index (χ1v) is 6.97. The Morgan fingerprint density at radius 2 is 2.06 bits per heavy atom. The molecule has 1 saturated carbocycles. The number of aromatic nitrogens is 2. The van der Waals surface area contributed by atoms with Crippen LogP contribution in [0.15, 0.2) is 30.8 Å². The predicted molar refractivity (Wildman–Crippen MR) is 76.6 cm³/mol. The first-order chi connectivity index (χ1) is 8.85. The van der Waals surface area contributed by atoms with Gasteiger partial charge in [0, 0.05) is 12.1 Å². The summed E-state index contributed by atoms with van der Waals surface area (Å²) in [7, 11) is 0. The molecule has 3 rings (SSSR count). The number of benzene rings is 1. The molecule has 1 aromatic carbocycles. The van der Waals surface area contributed by atoms with Gasteiger partial charge in [0.1, 0.15) is 5.01 Å². The third-order valence-electron chi connectivity index (χ3n) is 3.06. The molecule has 1 aliphatic carbocycles. The zero-order valence-electron chi connectivity index (χ0n) is 10.1. The standard InChI is InChI=1S/C14H15N3S/c1-2-10-5-7-12(8-6-10)13-16-17-14(18-13)15-9-11-3-4-11/h2,5-8,11H,1,3-4,9H2,(H,15,17). The average molecular weight is 257 g/mol. The van der Waals surface area contributed by atoms with Gasteiger partial charge in [-0.1, -0.05) is 48.3 Å². The quantitative estimate of drug-likeness (QED) is 0.888. The summed E-state index contributed by atoms with van der Waals surface area (Å²) in [6.45, 7) is 4.78. The lowest BCUT2D eigenvalue weighted by Crippen LogP contribution is -2.02. The van der Waals surface area contributed by atoms with E-state index in [9.17, 15) is 0 Å². The van der Waals surface area contributed by atoms with E-state index in [4.69, 9.17) is 0 Å². The maximum atomic E-state index is 4.22. The maximum absolute atomic E-state index is 4.22. The summed E-state index contributed by atoms with van der Waals surface area (Å²) in [5.41, 5.74) is 2.23. The molecular formula is C14H15N3S. The normalized spacial score (nSPS) is 14.4. The Morgan fingerprint density at radius 3 is 2.72 bits per heavy atom. The zero-order chi connectivity index (χ0) is 12.4.